The Morgan fingerprint density at radius 2 is 1.89 bits per heavy atom. The lowest BCUT2D eigenvalue weighted by Gasteiger charge is -2.49. The predicted octanol–water partition coefficient (Wildman–Crippen LogP) is 4.33. The quantitative estimate of drug-likeness (QED) is 0.794. The summed E-state index contributed by atoms with van der Waals surface area (Å²) in [5.41, 5.74) is 2.78. The Hall–Kier alpha value is -1.65. The van der Waals surface area contributed by atoms with E-state index >= 15 is 0 Å². The molecule has 0 spiro atoms. The van der Waals surface area contributed by atoms with E-state index in [1.54, 1.807) is 6.26 Å². The molecule has 3 fully saturated rings. The van der Waals surface area contributed by atoms with E-state index in [-0.39, 0.29) is 5.43 Å². The van der Waals surface area contributed by atoms with Crippen molar-refractivity contribution in [2.75, 3.05) is 19.6 Å². The van der Waals surface area contributed by atoms with Crippen molar-refractivity contribution in [2.24, 2.45) is 5.92 Å². The van der Waals surface area contributed by atoms with Gasteiger partial charge in [0.1, 0.15) is 5.58 Å². The minimum Gasteiger partial charge on any atom is -0.464 e. The van der Waals surface area contributed by atoms with Crippen LogP contribution in [0.4, 0.5) is 0 Å². The van der Waals surface area contributed by atoms with Crippen LogP contribution in [0.1, 0.15) is 56.1 Å². The van der Waals surface area contributed by atoms with Crippen molar-refractivity contribution >= 4 is 11.0 Å². The monoisotopic (exact) mass is 380 g/mol. The molecule has 28 heavy (non-hydrogen) atoms. The molecule has 2 aliphatic heterocycles. The van der Waals surface area contributed by atoms with Crippen LogP contribution >= 0.6 is 0 Å². The van der Waals surface area contributed by atoms with Crippen molar-refractivity contribution < 1.29 is 4.42 Å². The Morgan fingerprint density at radius 1 is 1.04 bits per heavy atom. The molecule has 0 bridgehead atoms. The van der Waals surface area contributed by atoms with Gasteiger partial charge in [-0.1, -0.05) is 30.9 Å². The van der Waals surface area contributed by atoms with Gasteiger partial charge in [0.15, 0.2) is 5.43 Å². The molecule has 3 aliphatic rings. The van der Waals surface area contributed by atoms with Crippen molar-refractivity contribution in [3.63, 3.8) is 0 Å². The van der Waals surface area contributed by atoms with E-state index < -0.39 is 0 Å². The number of piperazine rings is 1. The van der Waals surface area contributed by atoms with Crippen molar-refractivity contribution in [1.82, 2.24) is 9.80 Å². The van der Waals surface area contributed by atoms with Gasteiger partial charge in [0.25, 0.3) is 0 Å². The van der Waals surface area contributed by atoms with Crippen LogP contribution in [0, 0.1) is 12.8 Å². The topological polar surface area (TPSA) is 36.7 Å². The summed E-state index contributed by atoms with van der Waals surface area (Å²) in [7, 11) is 0. The third-order valence-electron chi connectivity index (χ3n) is 7.41. The molecule has 0 radical (unpaired) electrons. The molecule has 5 rings (SSSR count). The van der Waals surface area contributed by atoms with Gasteiger partial charge < -0.3 is 4.42 Å². The van der Waals surface area contributed by atoms with E-state index in [9.17, 15) is 4.79 Å². The minimum atomic E-state index is 0.154. The zero-order valence-corrected chi connectivity index (χ0v) is 17.0. The molecule has 4 heteroatoms. The summed E-state index contributed by atoms with van der Waals surface area (Å²) >= 11 is 0. The average Bonchev–Trinajstić information content (AvgIpc) is 3.20. The number of hydrogen-bond donors (Lipinski definition) is 0. The first kappa shape index (κ1) is 18.4. The molecule has 3 heterocycles. The number of rotatable bonds is 3. The van der Waals surface area contributed by atoms with Gasteiger partial charge in [-0.05, 0) is 57.2 Å². The molecule has 1 saturated carbocycles. The van der Waals surface area contributed by atoms with Crippen molar-refractivity contribution in [3.8, 4) is 0 Å². The van der Waals surface area contributed by atoms with E-state index in [0.717, 1.165) is 42.1 Å². The molecule has 1 aromatic heterocycles. The molecule has 1 aromatic carbocycles. The molecular weight excluding hydrogens is 348 g/mol. The summed E-state index contributed by atoms with van der Waals surface area (Å²) in [5.74, 6) is 0.786. The lowest BCUT2D eigenvalue weighted by atomic mass is 9.78. The van der Waals surface area contributed by atoms with Crippen LogP contribution in [-0.4, -0.2) is 41.5 Å². The Labute approximate surface area is 167 Å². The van der Waals surface area contributed by atoms with Crippen LogP contribution in [0.15, 0.2) is 33.7 Å². The molecule has 2 aromatic rings. The lowest BCUT2D eigenvalue weighted by Crippen LogP contribution is -2.59. The van der Waals surface area contributed by atoms with E-state index in [4.69, 9.17) is 4.42 Å². The van der Waals surface area contributed by atoms with E-state index in [0.29, 0.717) is 17.7 Å². The Kier molecular flexibility index (Phi) is 5.02. The largest absolute Gasteiger partial charge is 0.464 e. The summed E-state index contributed by atoms with van der Waals surface area (Å²) in [5, 5.41) is 0.728. The Balaban J connectivity index is 1.46. The number of aryl methyl sites for hydroxylation is 1. The van der Waals surface area contributed by atoms with Crippen molar-refractivity contribution in [1.29, 1.82) is 0 Å². The van der Waals surface area contributed by atoms with Gasteiger partial charge in [-0.25, -0.2) is 0 Å². The smallest absolute Gasteiger partial charge is 0.197 e. The molecule has 0 amide bonds. The van der Waals surface area contributed by atoms with E-state index in [2.05, 4.69) is 9.80 Å². The highest BCUT2D eigenvalue weighted by Crippen LogP contribution is 2.38. The molecule has 2 atom stereocenters. The second-order valence-corrected chi connectivity index (χ2v) is 9.19. The molecule has 150 valence electrons. The third-order valence-corrected chi connectivity index (χ3v) is 7.41. The summed E-state index contributed by atoms with van der Waals surface area (Å²) < 4.78 is 5.85. The number of benzene rings is 1. The first-order valence-electron chi connectivity index (χ1n) is 11.2. The fourth-order valence-corrected chi connectivity index (χ4v) is 6.05. The maximum absolute atomic E-state index is 13.2. The summed E-state index contributed by atoms with van der Waals surface area (Å²) in [4.78, 5) is 18.5. The van der Waals surface area contributed by atoms with Crippen LogP contribution < -0.4 is 5.43 Å². The van der Waals surface area contributed by atoms with Gasteiger partial charge in [-0.2, -0.15) is 0 Å². The standard InChI is InChI=1S/C24H32N2O2/c1-17-9-10-22-20(14-17)24(27)19(16-28-22)15-26-13-12-25-11-5-8-21(25)23(26)18-6-3-2-4-7-18/h9-10,14,16,18,21,23H,2-8,11-13,15H2,1H3. The first-order valence-corrected chi connectivity index (χ1v) is 11.2. The maximum Gasteiger partial charge on any atom is 0.197 e. The average molecular weight is 381 g/mol. The van der Waals surface area contributed by atoms with Crippen molar-refractivity contribution in [2.45, 2.75) is 70.5 Å². The second kappa shape index (κ2) is 7.64. The zero-order chi connectivity index (χ0) is 19.1. The SMILES string of the molecule is Cc1ccc2occ(CN3CCN4CCCC4C3C3CCCCC3)c(=O)c2c1. The lowest BCUT2D eigenvalue weighted by molar-refractivity contribution is -0.00416. The highest BCUT2D eigenvalue weighted by Gasteiger charge is 2.43. The van der Waals surface area contributed by atoms with Gasteiger partial charge >= 0.3 is 0 Å². The fraction of sp³-hybridized carbons (Fsp3) is 0.625. The number of fused-ring (bicyclic) bond motifs is 2. The van der Waals surface area contributed by atoms with Crippen LogP contribution in [0.3, 0.4) is 0 Å². The van der Waals surface area contributed by atoms with Crippen LogP contribution in [-0.2, 0) is 6.54 Å². The van der Waals surface area contributed by atoms with Crippen molar-refractivity contribution in [3.05, 3.63) is 45.8 Å². The maximum atomic E-state index is 13.2. The Bertz CT molecular complexity index is 899. The van der Waals surface area contributed by atoms with Crippen LogP contribution in [0.5, 0.6) is 0 Å². The molecule has 4 nitrogen and oxygen atoms in total. The Morgan fingerprint density at radius 3 is 2.75 bits per heavy atom. The van der Waals surface area contributed by atoms with Crippen LogP contribution in [0.2, 0.25) is 0 Å². The number of nitrogens with zero attached hydrogens (tertiary/aromatic N) is 2. The molecule has 2 saturated heterocycles. The fourth-order valence-electron chi connectivity index (χ4n) is 6.05. The first-order chi connectivity index (χ1) is 13.7. The van der Waals surface area contributed by atoms with Gasteiger partial charge in [0.2, 0.25) is 0 Å². The van der Waals surface area contributed by atoms with E-state index in [1.807, 2.05) is 25.1 Å². The van der Waals surface area contributed by atoms with Gasteiger partial charge in [0.05, 0.1) is 11.6 Å². The summed E-state index contributed by atoms with van der Waals surface area (Å²) in [6.07, 6.45) is 11.2. The molecule has 1 aliphatic carbocycles. The highest BCUT2D eigenvalue weighted by molar-refractivity contribution is 5.77. The van der Waals surface area contributed by atoms with Gasteiger partial charge in [0, 0.05) is 37.3 Å². The highest BCUT2D eigenvalue weighted by atomic mass is 16.3. The zero-order valence-electron chi connectivity index (χ0n) is 17.0. The third kappa shape index (κ3) is 3.31. The summed E-state index contributed by atoms with van der Waals surface area (Å²) in [6.45, 7) is 6.25. The van der Waals surface area contributed by atoms with Crippen LogP contribution in [0.25, 0.3) is 11.0 Å². The minimum absolute atomic E-state index is 0.154. The predicted molar refractivity (Wildman–Crippen MR) is 113 cm³/mol. The van der Waals surface area contributed by atoms with E-state index in [1.165, 1.54) is 51.5 Å². The number of hydrogen-bond acceptors (Lipinski definition) is 4. The van der Waals surface area contributed by atoms with Gasteiger partial charge in [-0.15, -0.1) is 0 Å². The normalized spacial score (nSPS) is 27.3. The molecule has 2 unspecified atom stereocenters. The second-order valence-electron chi connectivity index (χ2n) is 9.19. The summed E-state index contributed by atoms with van der Waals surface area (Å²) in [6, 6.07) is 7.18. The molecule has 0 N–H and O–H groups in total. The molecular formula is C24H32N2O2. The van der Waals surface area contributed by atoms with Gasteiger partial charge in [-0.3, -0.25) is 14.6 Å².